The molecular formula is C23H21FN4O4S. The maximum absolute atomic E-state index is 14.0. The molecule has 33 heavy (non-hydrogen) atoms. The molecule has 1 aliphatic rings. The minimum atomic E-state index is -4.15. The van der Waals surface area contributed by atoms with Crippen molar-refractivity contribution >= 4 is 27.5 Å². The van der Waals surface area contributed by atoms with Crippen molar-refractivity contribution in [2.45, 2.75) is 18.0 Å². The third kappa shape index (κ3) is 4.48. The van der Waals surface area contributed by atoms with Gasteiger partial charge in [-0.3, -0.25) is 19.5 Å². The van der Waals surface area contributed by atoms with Crippen LogP contribution in [0.4, 0.5) is 10.1 Å². The molecule has 0 aliphatic carbocycles. The molecule has 0 unspecified atom stereocenters. The van der Waals surface area contributed by atoms with Gasteiger partial charge in [0.05, 0.1) is 17.0 Å². The first-order chi connectivity index (χ1) is 15.7. The number of rotatable bonds is 7. The fourth-order valence-corrected chi connectivity index (χ4v) is 4.76. The first-order valence-corrected chi connectivity index (χ1v) is 11.5. The van der Waals surface area contributed by atoms with Gasteiger partial charge in [0.25, 0.3) is 11.8 Å². The molecule has 8 nitrogen and oxygen atoms in total. The lowest BCUT2D eigenvalue weighted by molar-refractivity contribution is 0.0639. The Balaban J connectivity index is 1.58. The standard InChI is InChI=1S/C23H21FN4O4S/c1-27(2)18-9-5-15(6-10-18)13-26-33(31,32)20-12-17(24)8-7-16(20)14-28-22(29)19-4-3-11-25-21(19)23(28)30/h3-12,26H,13-14H2,1-2H3. The summed E-state index contributed by atoms with van der Waals surface area (Å²) in [7, 11) is -0.355. The first-order valence-electron chi connectivity index (χ1n) is 10.0. The number of carbonyl (C=O) groups excluding carboxylic acids is 2. The summed E-state index contributed by atoms with van der Waals surface area (Å²) >= 11 is 0. The summed E-state index contributed by atoms with van der Waals surface area (Å²) in [5, 5.41) is 0. The Morgan fingerprint density at radius 3 is 2.42 bits per heavy atom. The number of pyridine rings is 1. The van der Waals surface area contributed by atoms with Crippen LogP contribution in [0.15, 0.2) is 65.7 Å². The summed E-state index contributed by atoms with van der Waals surface area (Å²) in [6.45, 7) is -0.342. The Bertz CT molecular complexity index is 1310. The molecule has 1 aliphatic heterocycles. The van der Waals surface area contributed by atoms with Crippen LogP contribution in [0.5, 0.6) is 0 Å². The molecule has 0 bridgehead atoms. The molecule has 4 rings (SSSR count). The molecule has 1 N–H and O–H groups in total. The van der Waals surface area contributed by atoms with Crippen LogP contribution in [0.2, 0.25) is 0 Å². The average Bonchev–Trinajstić information content (AvgIpc) is 3.04. The number of hydrogen-bond donors (Lipinski definition) is 1. The maximum Gasteiger partial charge on any atom is 0.280 e. The molecule has 0 saturated heterocycles. The first kappa shape index (κ1) is 22.6. The molecule has 2 amide bonds. The monoisotopic (exact) mass is 468 g/mol. The number of hydrogen-bond acceptors (Lipinski definition) is 6. The van der Waals surface area contributed by atoms with E-state index in [1.165, 1.54) is 24.4 Å². The fourth-order valence-electron chi connectivity index (χ4n) is 3.50. The number of fused-ring (bicyclic) bond motifs is 1. The third-order valence-electron chi connectivity index (χ3n) is 5.30. The number of sulfonamides is 1. The molecule has 0 spiro atoms. The van der Waals surface area contributed by atoms with E-state index in [-0.39, 0.29) is 34.8 Å². The van der Waals surface area contributed by atoms with E-state index in [0.29, 0.717) is 5.56 Å². The van der Waals surface area contributed by atoms with Gasteiger partial charge >= 0.3 is 0 Å². The topological polar surface area (TPSA) is 99.7 Å². The second kappa shape index (κ2) is 8.72. The number of anilines is 1. The minimum absolute atomic E-state index is 0.00770. The SMILES string of the molecule is CN(C)c1ccc(CNS(=O)(=O)c2cc(F)ccc2CN2C(=O)c3cccnc3C2=O)cc1. The van der Waals surface area contributed by atoms with Crippen LogP contribution in [0, 0.1) is 5.82 Å². The summed E-state index contributed by atoms with van der Waals surface area (Å²) in [5.41, 5.74) is 1.95. The Kier molecular flexibility index (Phi) is 5.96. The third-order valence-corrected chi connectivity index (χ3v) is 6.78. The Morgan fingerprint density at radius 2 is 1.76 bits per heavy atom. The zero-order valence-electron chi connectivity index (χ0n) is 17.9. The average molecular weight is 469 g/mol. The van der Waals surface area contributed by atoms with E-state index < -0.39 is 27.7 Å². The van der Waals surface area contributed by atoms with E-state index >= 15 is 0 Å². The van der Waals surface area contributed by atoms with Crippen LogP contribution < -0.4 is 9.62 Å². The highest BCUT2D eigenvalue weighted by molar-refractivity contribution is 7.89. The number of carbonyl (C=O) groups is 2. The lowest BCUT2D eigenvalue weighted by atomic mass is 10.2. The van der Waals surface area contributed by atoms with Crippen molar-refractivity contribution in [3.63, 3.8) is 0 Å². The highest BCUT2D eigenvalue weighted by atomic mass is 32.2. The molecule has 0 atom stereocenters. The van der Waals surface area contributed by atoms with Crippen molar-refractivity contribution in [1.29, 1.82) is 0 Å². The van der Waals surface area contributed by atoms with Gasteiger partial charge in [0, 0.05) is 32.5 Å². The summed E-state index contributed by atoms with van der Waals surface area (Å²) in [5.74, 6) is -1.96. The van der Waals surface area contributed by atoms with Gasteiger partial charge in [-0.25, -0.2) is 17.5 Å². The van der Waals surface area contributed by atoms with Gasteiger partial charge in [-0.2, -0.15) is 0 Å². The Labute approximate surface area is 190 Å². The number of aromatic nitrogens is 1. The molecular weight excluding hydrogens is 447 g/mol. The number of nitrogens with one attached hydrogen (secondary N) is 1. The highest BCUT2D eigenvalue weighted by Crippen LogP contribution is 2.26. The smallest absolute Gasteiger partial charge is 0.280 e. The van der Waals surface area contributed by atoms with Crippen molar-refractivity contribution in [2.75, 3.05) is 19.0 Å². The molecule has 1 aromatic heterocycles. The van der Waals surface area contributed by atoms with Gasteiger partial charge in [-0.05, 0) is 47.5 Å². The van der Waals surface area contributed by atoms with Gasteiger partial charge in [-0.1, -0.05) is 18.2 Å². The van der Waals surface area contributed by atoms with Crippen LogP contribution in [-0.4, -0.2) is 44.2 Å². The fraction of sp³-hybridized carbons (Fsp3) is 0.174. The minimum Gasteiger partial charge on any atom is -0.378 e. The lowest BCUT2D eigenvalue weighted by Crippen LogP contribution is -2.31. The summed E-state index contributed by atoms with van der Waals surface area (Å²) in [6.07, 6.45) is 1.40. The number of benzene rings is 2. The van der Waals surface area contributed by atoms with E-state index in [1.807, 2.05) is 31.1 Å². The van der Waals surface area contributed by atoms with Crippen molar-refractivity contribution in [2.24, 2.45) is 0 Å². The van der Waals surface area contributed by atoms with Gasteiger partial charge in [0.15, 0.2) is 0 Å². The lowest BCUT2D eigenvalue weighted by Gasteiger charge is -2.17. The number of imide groups is 1. The van der Waals surface area contributed by atoms with Gasteiger partial charge in [0.1, 0.15) is 11.5 Å². The van der Waals surface area contributed by atoms with Gasteiger partial charge in [0.2, 0.25) is 10.0 Å². The predicted molar refractivity (Wildman–Crippen MR) is 120 cm³/mol. The highest BCUT2D eigenvalue weighted by Gasteiger charge is 2.37. The molecule has 3 aromatic rings. The van der Waals surface area contributed by atoms with E-state index in [1.54, 1.807) is 12.1 Å². The van der Waals surface area contributed by atoms with Crippen LogP contribution >= 0.6 is 0 Å². The van der Waals surface area contributed by atoms with Gasteiger partial charge < -0.3 is 4.90 Å². The second-order valence-electron chi connectivity index (χ2n) is 7.73. The second-order valence-corrected chi connectivity index (χ2v) is 9.47. The van der Waals surface area contributed by atoms with Crippen LogP contribution in [0.1, 0.15) is 32.0 Å². The summed E-state index contributed by atoms with van der Waals surface area (Å²) < 4.78 is 42.5. The molecule has 0 radical (unpaired) electrons. The molecule has 0 fully saturated rings. The quantitative estimate of drug-likeness (QED) is 0.535. The van der Waals surface area contributed by atoms with Crippen molar-refractivity contribution in [3.05, 3.63) is 89.0 Å². The molecule has 0 saturated carbocycles. The molecule has 2 heterocycles. The Hall–Kier alpha value is -3.63. The summed E-state index contributed by atoms with van der Waals surface area (Å²) in [6, 6.07) is 13.5. The van der Waals surface area contributed by atoms with E-state index in [0.717, 1.165) is 22.7 Å². The van der Waals surface area contributed by atoms with Crippen LogP contribution in [0.25, 0.3) is 0 Å². The van der Waals surface area contributed by atoms with Crippen molar-refractivity contribution < 1.29 is 22.4 Å². The number of amides is 2. The molecule has 170 valence electrons. The normalized spacial score (nSPS) is 13.4. The van der Waals surface area contributed by atoms with E-state index in [4.69, 9.17) is 0 Å². The molecule has 10 heteroatoms. The maximum atomic E-state index is 14.0. The van der Waals surface area contributed by atoms with Crippen molar-refractivity contribution in [3.8, 4) is 0 Å². The van der Waals surface area contributed by atoms with Crippen molar-refractivity contribution in [1.82, 2.24) is 14.6 Å². The van der Waals surface area contributed by atoms with Crippen LogP contribution in [0.3, 0.4) is 0 Å². The molecule has 2 aromatic carbocycles. The largest absolute Gasteiger partial charge is 0.378 e. The number of halogens is 1. The van der Waals surface area contributed by atoms with E-state index in [9.17, 15) is 22.4 Å². The number of nitrogens with zero attached hydrogens (tertiary/aromatic N) is 3. The Morgan fingerprint density at radius 1 is 1.03 bits per heavy atom. The van der Waals surface area contributed by atoms with Crippen LogP contribution in [-0.2, 0) is 23.1 Å². The zero-order valence-corrected chi connectivity index (χ0v) is 18.8. The summed E-state index contributed by atoms with van der Waals surface area (Å²) in [4.78, 5) is 31.7. The predicted octanol–water partition coefficient (Wildman–Crippen LogP) is 2.56. The zero-order chi connectivity index (χ0) is 23.8. The van der Waals surface area contributed by atoms with E-state index in [2.05, 4.69) is 9.71 Å². The van der Waals surface area contributed by atoms with Gasteiger partial charge in [-0.15, -0.1) is 0 Å².